The van der Waals surface area contributed by atoms with Crippen LogP contribution in [0.4, 0.5) is 0 Å². The predicted molar refractivity (Wildman–Crippen MR) is 83.4 cm³/mol. The Morgan fingerprint density at radius 2 is 0.524 bits per heavy atom. The van der Waals surface area contributed by atoms with E-state index in [9.17, 15) is 0 Å². The van der Waals surface area contributed by atoms with Crippen LogP contribution in [-0.4, -0.2) is 22.4 Å². The van der Waals surface area contributed by atoms with Gasteiger partial charge in [-0.1, -0.05) is 0 Å². The van der Waals surface area contributed by atoms with Crippen molar-refractivity contribution < 1.29 is 33.1 Å². The fraction of sp³-hybridized carbons (Fsp3) is 1.00. The van der Waals surface area contributed by atoms with Gasteiger partial charge in [0, 0.05) is 0 Å². The molecule has 0 spiro atoms. The summed E-state index contributed by atoms with van der Waals surface area (Å²) in [6.45, 7) is 24.1. The number of hydrogen-bond acceptors (Lipinski definition) is 4. The van der Waals surface area contributed by atoms with Crippen molar-refractivity contribution in [3.8, 4) is 0 Å². The van der Waals surface area contributed by atoms with E-state index in [1.807, 2.05) is 83.1 Å². The molecule has 0 atom stereocenters. The van der Waals surface area contributed by atoms with Gasteiger partial charge < -0.3 is 0 Å². The molecular weight excluding hydrogens is 435 g/mol. The molecule has 0 aliphatic heterocycles. The molecule has 0 saturated carbocycles. The third-order valence-corrected chi connectivity index (χ3v) is 14.1. The Balaban J connectivity index is 5.70. The molecule has 0 fully saturated rings. The Labute approximate surface area is 138 Å². The molecule has 4 nitrogen and oxygen atoms in total. The monoisotopic (exact) mass is 472 g/mol. The molecule has 0 aromatic carbocycles. The molecular formula is C16H36HfO4. The van der Waals surface area contributed by atoms with E-state index < -0.39 is 21.7 Å². The van der Waals surface area contributed by atoms with Gasteiger partial charge in [-0.15, -0.1) is 0 Å². The SMILES string of the molecule is CC(C)(C)[O][Hf]([O]C(C)(C)C)([O]C(C)(C)C)[O]C(C)(C)C. The summed E-state index contributed by atoms with van der Waals surface area (Å²) >= 11 is -4.40. The molecule has 128 valence electrons. The number of rotatable bonds is 4. The Kier molecular flexibility index (Phi) is 6.90. The van der Waals surface area contributed by atoms with Gasteiger partial charge >= 0.3 is 139 Å². The van der Waals surface area contributed by atoms with E-state index in [2.05, 4.69) is 0 Å². The molecule has 0 rings (SSSR count). The second-order valence-corrected chi connectivity index (χ2v) is 15.9. The second kappa shape index (κ2) is 6.68. The zero-order chi connectivity index (χ0) is 17.3. The maximum atomic E-state index is 6.31. The average Bonchev–Trinajstić information content (AvgIpc) is 1.83. The van der Waals surface area contributed by atoms with Gasteiger partial charge in [0.15, 0.2) is 0 Å². The zero-order valence-electron chi connectivity index (χ0n) is 16.1. The van der Waals surface area contributed by atoms with Gasteiger partial charge in [0.25, 0.3) is 0 Å². The van der Waals surface area contributed by atoms with E-state index in [4.69, 9.17) is 11.4 Å². The van der Waals surface area contributed by atoms with Crippen LogP contribution in [0.15, 0.2) is 0 Å². The Bertz CT molecular complexity index is 257. The van der Waals surface area contributed by atoms with Crippen LogP contribution in [0.5, 0.6) is 0 Å². The summed E-state index contributed by atoms with van der Waals surface area (Å²) in [5.41, 5.74) is -1.54. The molecule has 0 radical (unpaired) electrons. The van der Waals surface area contributed by atoms with Crippen molar-refractivity contribution in [3.63, 3.8) is 0 Å². The molecule has 5 heteroatoms. The van der Waals surface area contributed by atoms with Crippen LogP contribution in [0, 0.1) is 0 Å². The summed E-state index contributed by atoms with van der Waals surface area (Å²) in [6.07, 6.45) is 0. The van der Waals surface area contributed by atoms with Gasteiger partial charge in [-0.25, -0.2) is 0 Å². The fourth-order valence-corrected chi connectivity index (χ4v) is 13.3. The summed E-state index contributed by atoms with van der Waals surface area (Å²) in [5.74, 6) is 0. The van der Waals surface area contributed by atoms with Crippen molar-refractivity contribution in [2.45, 2.75) is 105 Å². The van der Waals surface area contributed by atoms with Crippen LogP contribution in [0.2, 0.25) is 0 Å². The normalized spacial score (nSPS) is 15.4. The minimum atomic E-state index is -4.40. The van der Waals surface area contributed by atoms with Crippen molar-refractivity contribution in [2.24, 2.45) is 0 Å². The van der Waals surface area contributed by atoms with E-state index in [-0.39, 0.29) is 22.4 Å². The van der Waals surface area contributed by atoms with Gasteiger partial charge in [0.2, 0.25) is 0 Å². The van der Waals surface area contributed by atoms with Crippen molar-refractivity contribution in [1.29, 1.82) is 0 Å². The minimum absolute atomic E-state index is 0.386. The summed E-state index contributed by atoms with van der Waals surface area (Å²) in [5, 5.41) is 0. The van der Waals surface area contributed by atoms with Gasteiger partial charge in [-0.05, 0) is 0 Å². The molecule has 0 amide bonds. The first-order chi connectivity index (χ1) is 8.83. The number of hydrogen-bond donors (Lipinski definition) is 0. The standard InChI is InChI=1S/4C4H9O.Hf/c4*1-4(2,3)5;/h4*1-3H3;/q4*-1;+4. The molecule has 21 heavy (non-hydrogen) atoms. The molecule has 0 aliphatic carbocycles. The van der Waals surface area contributed by atoms with Gasteiger partial charge in [0.1, 0.15) is 0 Å². The van der Waals surface area contributed by atoms with Crippen molar-refractivity contribution in [2.75, 3.05) is 0 Å². The Morgan fingerprint density at radius 3 is 0.619 bits per heavy atom. The van der Waals surface area contributed by atoms with Crippen LogP contribution in [0.3, 0.4) is 0 Å². The molecule has 0 aromatic heterocycles. The van der Waals surface area contributed by atoms with Crippen molar-refractivity contribution in [1.82, 2.24) is 0 Å². The van der Waals surface area contributed by atoms with E-state index in [0.29, 0.717) is 0 Å². The zero-order valence-corrected chi connectivity index (χ0v) is 19.7. The van der Waals surface area contributed by atoms with Crippen LogP contribution in [0.1, 0.15) is 83.1 Å². The van der Waals surface area contributed by atoms with Crippen LogP contribution < -0.4 is 0 Å². The summed E-state index contributed by atoms with van der Waals surface area (Å²) in [6, 6.07) is 0. The van der Waals surface area contributed by atoms with Crippen LogP contribution in [0.25, 0.3) is 0 Å². The molecule has 0 aromatic rings. The van der Waals surface area contributed by atoms with Gasteiger partial charge in [-0.2, -0.15) is 0 Å². The molecule has 0 saturated heterocycles. The fourth-order valence-electron chi connectivity index (χ4n) is 1.63. The topological polar surface area (TPSA) is 36.9 Å². The first-order valence-electron chi connectivity index (χ1n) is 7.63. The summed E-state index contributed by atoms with van der Waals surface area (Å²) in [7, 11) is 0. The Hall–Kier alpha value is 0.710. The van der Waals surface area contributed by atoms with E-state index in [1.165, 1.54) is 0 Å². The van der Waals surface area contributed by atoms with E-state index >= 15 is 0 Å². The van der Waals surface area contributed by atoms with Crippen LogP contribution >= 0.6 is 0 Å². The molecule has 0 N–H and O–H groups in total. The van der Waals surface area contributed by atoms with Crippen LogP contribution in [-0.2, 0) is 33.1 Å². The first-order valence-corrected chi connectivity index (χ1v) is 13.5. The molecule has 0 bridgehead atoms. The van der Waals surface area contributed by atoms with E-state index in [1.54, 1.807) is 0 Å². The average molecular weight is 471 g/mol. The predicted octanol–water partition coefficient (Wildman–Crippen LogP) is 5.06. The summed E-state index contributed by atoms with van der Waals surface area (Å²) < 4.78 is 25.2. The van der Waals surface area contributed by atoms with Crippen molar-refractivity contribution in [3.05, 3.63) is 0 Å². The second-order valence-electron chi connectivity index (χ2n) is 9.36. The van der Waals surface area contributed by atoms with E-state index in [0.717, 1.165) is 0 Å². The molecule has 0 heterocycles. The molecule has 0 aliphatic rings. The van der Waals surface area contributed by atoms with Crippen molar-refractivity contribution >= 4 is 0 Å². The van der Waals surface area contributed by atoms with Gasteiger partial charge in [0.05, 0.1) is 0 Å². The maximum absolute atomic E-state index is 6.31. The molecule has 0 unspecified atom stereocenters. The first kappa shape index (κ1) is 21.7. The Morgan fingerprint density at radius 1 is 0.381 bits per heavy atom. The van der Waals surface area contributed by atoms with Gasteiger partial charge in [-0.3, -0.25) is 0 Å². The quantitative estimate of drug-likeness (QED) is 0.538. The summed E-state index contributed by atoms with van der Waals surface area (Å²) in [4.78, 5) is 0. The third-order valence-electron chi connectivity index (χ3n) is 1.72. The third kappa shape index (κ3) is 11.9.